The molecule has 158 valence electrons. The summed E-state index contributed by atoms with van der Waals surface area (Å²) in [5, 5.41) is 14.2. The summed E-state index contributed by atoms with van der Waals surface area (Å²) in [6, 6.07) is 11.0. The van der Waals surface area contributed by atoms with E-state index in [1.807, 2.05) is 24.3 Å². The van der Waals surface area contributed by atoms with Gasteiger partial charge < -0.3 is 25.6 Å². The first-order chi connectivity index (χ1) is 14.5. The number of fused-ring (bicyclic) bond motifs is 1. The second kappa shape index (κ2) is 9.45. The van der Waals surface area contributed by atoms with Crippen LogP contribution in [0.25, 0.3) is 10.9 Å². The van der Waals surface area contributed by atoms with Crippen LogP contribution in [0.3, 0.4) is 0 Å². The van der Waals surface area contributed by atoms with Gasteiger partial charge in [0.1, 0.15) is 0 Å². The van der Waals surface area contributed by atoms with Crippen molar-refractivity contribution in [2.24, 2.45) is 5.73 Å². The molecule has 3 aromatic rings. The molecule has 0 bridgehead atoms. The van der Waals surface area contributed by atoms with Gasteiger partial charge in [-0.3, -0.25) is 9.78 Å². The van der Waals surface area contributed by atoms with Gasteiger partial charge in [0.15, 0.2) is 11.5 Å². The Kier molecular flexibility index (Phi) is 6.74. The summed E-state index contributed by atoms with van der Waals surface area (Å²) < 4.78 is 10.8. The number of nitrogens with zero attached hydrogens (tertiary/aromatic N) is 1. The molecular weight excluding hydrogens is 382 g/mol. The van der Waals surface area contributed by atoms with Crippen LogP contribution in [0.4, 0.5) is 5.69 Å². The van der Waals surface area contributed by atoms with Crippen molar-refractivity contribution in [1.29, 1.82) is 0 Å². The van der Waals surface area contributed by atoms with Gasteiger partial charge in [-0.1, -0.05) is 31.5 Å². The number of hydrogen-bond acceptors (Lipinski definition) is 6. The maximum absolute atomic E-state index is 11.8. The van der Waals surface area contributed by atoms with Crippen LogP contribution in [-0.4, -0.2) is 30.2 Å². The van der Waals surface area contributed by atoms with E-state index >= 15 is 0 Å². The monoisotopic (exact) mass is 409 g/mol. The molecule has 1 atom stereocenters. The van der Waals surface area contributed by atoms with E-state index in [-0.39, 0.29) is 12.6 Å². The summed E-state index contributed by atoms with van der Waals surface area (Å²) in [6.07, 6.45) is 3.37. The molecule has 1 heterocycles. The Morgan fingerprint density at radius 2 is 1.97 bits per heavy atom. The lowest BCUT2D eigenvalue weighted by Crippen LogP contribution is -2.15. The first-order valence-corrected chi connectivity index (χ1v) is 9.83. The number of aliphatic hydroxyl groups is 1. The van der Waals surface area contributed by atoms with Crippen LogP contribution in [0.2, 0.25) is 0 Å². The zero-order chi connectivity index (χ0) is 21.7. The number of para-hydroxylation sites is 1. The van der Waals surface area contributed by atoms with E-state index in [2.05, 4.69) is 17.2 Å². The highest BCUT2D eigenvalue weighted by molar-refractivity contribution is 6.08. The second-order valence-corrected chi connectivity index (χ2v) is 6.98. The van der Waals surface area contributed by atoms with Crippen LogP contribution in [0.1, 0.15) is 47.3 Å². The molecule has 0 radical (unpaired) electrons. The van der Waals surface area contributed by atoms with Crippen molar-refractivity contribution in [2.45, 2.75) is 32.4 Å². The molecule has 7 nitrogen and oxygen atoms in total. The van der Waals surface area contributed by atoms with E-state index in [1.165, 1.54) is 0 Å². The fourth-order valence-corrected chi connectivity index (χ4v) is 3.61. The van der Waals surface area contributed by atoms with Crippen LogP contribution in [-0.2, 0) is 6.61 Å². The molecule has 2 aromatic carbocycles. The zero-order valence-electron chi connectivity index (χ0n) is 17.4. The SMILES string of the molecule is CCC[C@@H](Nc1c(CO)cnc2c(C(N)=O)cccc12)c1ccc(OC)c(OC)c1. The minimum atomic E-state index is -0.541. The minimum Gasteiger partial charge on any atom is -0.493 e. The van der Waals surface area contributed by atoms with E-state index in [0.717, 1.165) is 29.5 Å². The van der Waals surface area contributed by atoms with Crippen LogP contribution in [0.15, 0.2) is 42.6 Å². The van der Waals surface area contributed by atoms with Gasteiger partial charge in [-0.15, -0.1) is 0 Å². The van der Waals surface area contributed by atoms with Gasteiger partial charge >= 0.3 is 0 Å². The van der Waals surface area contributed by atoms with E-state index in [0.29, 0.717) is 28.1 Å². The molecule has 3 rings (SSSR count). The second-order valence-electron chi connectivity index (χ2n) is 6.98. The molecule has 0 aliphatic carbocycles. The predicted molar refractivity (Wildman–Crippen MR) is 117 cm³/mol. The largest absolute Gasteiger partial charge is 0.493 e. The van der Waals surface area contributed by atoms with Gasteiger partial charge in [-0.25, -0.2) is 0 Å². The summed E-state index contributed by atoms with van der Waals surface area (Å²) >= 11 is 0. The lowest BCUT2D eigenvalue weighted by atomic mass is 9.99. The van der Waals surface area contributed by atoms with E-state index in [1.54, 1.807) is 32.5 Å². The third-order valence-electron chi connectivity index (χ3n) is 5.12. The average Bonchev–Trinajstić information content (AvgIpc) is 2.77. The lowest BCUT2D eigenvalue weighted by molar-refractivity contribution is 0.100. The Hall–Kier alpha value is -3.32. The molecule has 30 heavy (non-hydrogen) atoms. The number of ether oxygens (including phenoxy) is 2. The van der Waals surface area contributed by atoms with Crippen LogP contribution in [0, 0.1) is 0 Å². The number of hydrogen-bond donors (Lipinski definition) is 3. The van der Waals surface area contributed by atoms with Crippen molar-refractivity contribution in [3.8, 4) is 11.5 Å². The Balaban J connectivity index is 2.11. The molecule has 0 spiro atoms. The number of nitrogens with one attached hydrogen (secondary N) is 1. The van der Waals surface area contributed by atoms with Gasteiger partial charge in [0.25, 0.3) is 5.91 Å². The maximum atomic E-state index is 11.8. The number of anilines is 1. The Bertz CT molecular complexity index is 1050. The standard InChI is InChI=1S/C23H27N3O4/c1-4-6-18(14-9-10-19(29-2)20(11-14)30-3)26-21-15(13-27)12-25-22-16(21)7-5-8-17(22)23(24)28/h5,7-12,18,27H,4,6,13H2,1-3H3,(H2,24,28)(H,25,26)/t18-/m1/s1. The molecule has 0 fully saturated rings. The zero-order valence-corrected chi connectivity index (χ0v) is 17.4. The number of aromatic nitrogens is 1. The minimum absolute atomic E-state index is 0.0528. The third kappa shape index (κ3) is 4.16. The van der Waals surface area contributed by atoms with Gasteiger partial charge in [0, 0.05) is 17.1 Å². The third-order valence-corrected chi connectivity index (χ3v) is 5.12. The quantitative estimate of drug-likeness (QED) is 0.496. The van der Waals surface area contributed by atoms with Gasteiger partial charge in [-0.2, -0.15) is 0 Å². The highest BCUT2D eigenvalue weighted by Gasteiger charge is 2.19. The van der Waals surface area contributed by atoms with E-state index in [9.17, 15) is 9.90 Å². The number of rotatable bonds is 9. The number of benzene rings is 2. The van der Waals surface area contributed by atoms with Crippen LogP contribution in [0.5, 0.6) is 11.5 Å². The fourth-order valence-electron chi connectivity index (χ4n) is 3.61. The number of carbonyl (C=O) groups is 1. The summed E-state index contributed by atoms with van der Waals surface area (Å²) in [7, 11) is 3.21. The number of pyridine rings is 1. The van der Waals surface area contributed by atoms with Crippen LogP contribution >= 0.6 is 0 Å². The lowest BCUT2D eigenvalue weighted by Gasteiger charge is -2.24. The molecule has 7 heteroatoms. The Labute approximate surface area is 175 Å². The van der Waals surface area contributed by atoms with Gasteiger partial charge in [-0.05, 0) is 30.2 Å². The first kappa shape index (κ1) is 21.4. The molecule has 0 unspecified atom stereocenters. The molecule has 0 aliphatic heterocycles. The first-order valence-electron chi connectivity index (χ1n) is 9.83. The maximum Gasteiger partial charge on any atom is 0.250 e. The topological polar surface area (TPSA) is 107 Å². The summed E-state index contributed by atoms with van der Waals surface area (Å²) in [5.74, 6) is 0.768. The van der Waals surface area contributed by atoms with Gasteiger partial charge in [0.2, 0.25) is 0 Å². The fraction of sp³-hybridized carbons (Fsp3) is 0.304. The summed E-state index contributed by atoms with van der Waals surface area (Å²) in [5.41, 5.74) is 8.78. The van der Waals surface area contributed by atoms with Crippen molar-refractivity contribution in [3.63, 3.8) is 0 Å². The van der Waals surface area contributed by atoms with Gasteiger partial charge in [0.05, 0.1) is 43.6 Å². The predicted octanol–water partition coefficient (Wildman–Crippen LogP) is 3.80. The molecule has 0 saturated carbocycles. The highest BCUT2D eigenvalue weighted by Crippen LogP contribution is 2.36. The van der Waals surface area contributed by atoms with E-state index < -0.39 is 5.91 Å². The molecule has 4 N–H and O–H groups in total. The van der Waals surface area contributed by atoms with Crippen molar-refractivity contribution < 1.29 is 19.4 Å². The normalized spacial score (nSPS) is 11.9. The van der Waals surface area contributed by atoms with Crippen LogP contribution < -0.4 is 20.5 Å². The van der Waals surface area contributed by atoms with Crippen molar-refractivity contribution in [1.82, 2.24) is 4.98 Å². The molecule has 0 saturated heterocycles. The Morgan fingerprint density at radius 3 is 2.60 bits per heavy atom. The van der Waals surface area contributed by atoms with Crippen molar-refractivity contribution in [3.05, 3.63) is 59.3 Å². The van der Waals surface area contributed by atoms with E-state index in [4.69, 9.17) is 15.2 Å². The highest BCUT2D eigenvalue weighted by atomic mass is 16.5. The van der Waals surface area contributed by atoms with Crippen molar-refractivity contribution >= 4 is 22.5 Å². The molecule has 1 aromatic heterocycles. The number of carbonyl (C=O) groups excluding carboxylic acids is 1. The number of primary amides is 1. The smallest absolute Gasteiger partial charge is 0.250 e. The number of nitrogens with two attached hydrogens (primary N) is 1. The summed E-state index contributed by atoms with van der Waals surface area (Å²) in [4.78, 5) is 16.2. The average molecular weight is 409 g/mol. The molecule has 0 aliphatic rings. The molecular formula is C23H27N3O4. The Morgan fingerprint density at radius 1 is 1.20 bits per heavy atom. The summed E-state index contributed by atoms with van der Waals surface area (Å²) in [6.45, 7) is 1.93. The number of amides is 1. The number of aliphatic hydroxyl groups excluding tert-OH is 1. The number of methoxy groups -OCH3 is 2. The van der Waals surface area contributed by atoms with Crippen molar-refractivity contribution in [2.75, 3.05) is 19.5 Å². The molecule has 1 amide bonds.